The molecule has 1 rings (SSSR count). The Hall–Kier alpha value is -0.340. The minimum Gasteiger partial charge on any atom is -0.388 e. The highest BCUT2D eigenvalue weighted by atomic mass is 79.9. The second kappa shape index (κ2) is 7.88. The number of aliphatic hydroxyl groups excluding tert-OH is 1. The van der Waals surface area contributed by atoms with Gasteiger partial charge in [0.05, 0.1) is 6.10 Å². The number of aliphatic hydroxyl groups is 1. The van der Waals surface area contributed by atoms with Crippen molar-refractivity contribution in [2.24, 2.45) is 5.92 Å². The summed E-state index contributed by atoms with van der Waals surface area (Å²) >= 11 is 3.44. The molecule has 1 aromatic rings. The second-order valence-corrected chi connectivity index (χ2v) is 5.64. The molecule has 0 amide bonds. The Kier molecular flexibility index (Phi) is 6.83. The highest BCUT2D eigenvalue weighted by Crippen LogP contribution is 2.27. The first-order valence-electron chi connectivity index (χ1n) is 6.60. The van der Waals surface area contributed by atoms with Crippen molar-refractivity contribution in [3.63, 3.8) is 0 Å². The molecule has 0 aliphatic heterocycles. The molecule has 0 radical (unpaired) electrons. The van der Waals surface area contributed by atoms with Crippen molar-refractivity contribution in [2.75, 3.05) is 0 Å². The van der Waals surface area contributed by atoms with Crippen molar-refractivity contribution < 1.29 is 5.11 Å². The van der Waals surface area contributed by atoms with Gasteiger partial charge in [0.1, 0.15) is 0 Å². The van der Waals surface area contributed by atoms with Crippen molar-refractivity contribution in [3.05, 3.63) is 34.3 Å². The topological polar surface area (TPSA) is 20.2 Å². The third-order valence-electron chi connectivity index (χ3n) is 3.33. The summed E-state index contributed by atoms with van der Waals surface area (Å²) in [6, 6.07) is 7.99. The maximum Gasteiger partial charge on any atom is 0.0793 e. The molecule has 0 fully saturated rings. The van der Waals surface area contributed by atoms with E-state index in [-0.39, 0.29) is 6.10 Å². The van der Waals surface area contributed by atoms with Crippen molar-refractivity contribution >= 4 is 15.9 Å². The Morgan fingerprint density at radius 2 is 2.06 bits per heavy atom. The van der Waals surface area contributed by atoms with Gasteiger partial charge in [-0.05, 0) is 30.0 Å². The van der Waals surface area contributed by atoms with Crippen LogP contribution in [-0.4, -0.2) is 5.11 Å². The quantitative estimate of drug-likeness (QED) is 0.743. The average molecular weight is 299 g/mol. The van der Waals surface area contributed by atoms with Crippen LogP contribution in [0.15, 0.2) is 28.7 Å². The summed E-state index contributed by atoms with van der Waals surface area (Å²) in [7, 11) is 0. The van der Waals surface area contributed by atoms with E-state index in [2.05, 4.69) is 29.8 Å². The highest BCUT2D eigenvalue weighted by Gasteiger charge is 2.14. The Bertz CT molecular complexity index is 324. The Balaban J connectivity index is 2.54. The summed E-state index contributed by atoms with van der Waals surface area (Å²) in [5.74, 6) is 0.643. The van der Waals surface area contributed by atoms with Gasteiger partial charge in [-0.2, -0.15) is 0 Å². The summed E-state index contributed by atoms with van der Waals surface area (Å²) < 4.78 is 1.04. The number of rotatable bonds is 7. The maximum absolute atomic E-state index is 10.2. The fraction of sp³-hybridized carbons (Fsp3) is 0.600. The average Bonchev–Trinajstić information content (AvgIpc) is 2.34. The molecule has 0 aliphatic rings. The number of hydrogen-bond donors (Lipinski definition) is 1. The summed E-state index contributed by atoms with van der Waals surface area (Å²) in [5.41, 5.74) is 1.02. The van der Waals surface area contributed by atoms with E-state index in [1.165, 1.54) is 19.3 Å². The summed E-state index contributed by atoms with van der Waals surface area (Å²) in [4.78, 5) is 0. The third kappa shape index (κ3) is 5.22. The lowest BCUT2D eigenvalue weighted by Crippen LogP contribution is -2.07. The van der Waals surface area contributed by atoms with E-state index in [0.29, 0.717) is 5.92 Å². The van der Waals surface area contributed by atoms with Crippen molar-refractivity contribution in [1.29, 1.82) is 0 Å². The van der Waals surface area contributed by atoms with Crippen LogP contribution in [0.3, 0.4) is 0 Å². The maximum atomic E-state index is 10.2. The number of unbranched alkanes of at least 4 members (excludes halogenated alkanes) is 1. The van der Waals surface area contributed by atoms with Gasteiger partial charge < -0.3 is 5.11 Å². The van der Waals surface area contributed by atoms with Crippen molar-refractivity contribution in [1.82, 2.24) is 0 Å². The molecule has 0 saturated carbocycles. The Morgan fingerprint density at radius 3 is 2.65 bits per heavy atom. The van der Waals surface area contributed by atoms with Gasteiger partial charge in [-0.15, -0.1) is 0 Å². The van der Waals surface area contributed by atoms with E-state index in [1.54, 1.807) is 0 Å². The van der Waals surface area contributed by atoms with Gasteiger partial charge in [0, 0.05) is 4.47 Å². The SMILES string of the molecule is CCCCC(CC)CC(O)c1cccc(Br)c1. The normalized spacial score (nSPS) is 14.6. The Labute approximate surface area is 113 Å². The number of halogens is 1. The summed E-state index contributed by atoms with van der Waals surface area (Å²) in [6.07, 6.45) is 5.46. The lowest BCUT2D eigenvalue weighted by molar-refractivity contribution is 0.139. The van der Waals surface area contributed by atoms with Gasteiger partial charge in [-0.1, -0.05) is 67.6 Å². The first-order chi connectivity index (χ1) is 8.17. The summed E-state index contributed by atoms with van der Waals surface area (Å²) in [5, 5.41) is 10.2. The predicted octanol–water partition coefficient (Wildman–Crippen LogP) is 5.09. The number of benzene rings is 1. The van der Waals surface area contributed by atoms with Gasteiger partial charge in [0.2, 0.25) is 0 Å². The number of hydrogen-bond acceptors (Lipinski definition) is 1. The van der Waals surface area contributed by atoms with E-state index >= 15 is 0 Å². The van der Waals surface area contributed by atoms with Crippen LogP contribution in [0.2, 0.25) is 0 Å². The summed E-state index contributed by atoms with van der Waals surface area (Å²) in [6.45, 7) is 4.44. The predicted molar refractivity (Wildman–Crippen MR) is 77.0 cm³/mol. The van der Waals surface area contributed by atoms with Crippen LogP contribution >= 0.6 is 15.9 Å². The lowest BCUT2D eigenvalue weighted by atomic mass is 9.91. The molecule has 0 aliphatic carbocycles. The lowest BCUT2D eigenvalue weighted by Gasteiger charge is -2.19. The zero-order chi connectivity index (χ0) is 12.7. The molecule has 0 saturated heterocycles. The van der Waals surface area contributed by atoms with Gasteiger partial charge in [0.15, 0.2) is 0 Å². The molecule has 0 bridgehead atoms. The smallest absolute Gasteiger partial charge is 0.0793 e. The van der Waals surface area contributed by atoms with Gasteiger partial charge >= 0.3 is 0 Å². The van der Waals surface area contributed by atoms with Crippen LogP contribution in [0.1, 0.15) is 57.6 Å². The molecular weight excluding hydrogens is 276 g/mol. The molecule has 2 atom stereocenters. The molecule has 2 unspecified atom stereocenters. The second-order valence-electron chi connectivity index (χ2n) is 4.72. The molecule has 2 heteroatoms. The van der Waals surface area contributed by atoms with Crippen LogP contribution in [0, 0.1) is 5.92 Å². The standard InChI is InChI=1S/C15H23BrO/c1-3-5-7-12(4-2)10-15(17)13-8-6-9-14(16)11-13/h6,8-9,11-12,15,17H,3-5,7,10H2,1-2H3. The zero-order valence-electron chi connectivity index (χ0n) is 10.8. The van der Waals surface area contributed by atoms with E-state index < -0.39 is 0 Å². The van der Waals surface area contributed by atoms with E-state index in [1.807, 2.05) is 24.3 Å². The van der Waals surface area contributed by atoms with E-state index in [0.717, 1.165) is 22.9 Å². The first kappa shape index (κ1) is 14.7. The molecule has 1 nitrogen and oxygen atoms in total. The fourth-order valence-corrected chi connectivity index (χ4v) is 2.56. The van der Waals surface area contributed by atoms with Crippen LogP contribution in [-0.2, 0) is 0 Å². The third-order valence-corrected chi connectivity index (χ3v) is 3.83. The minimum atomic E-state index is -0.325. The minimum absolute atomic E-state index is 0.325. The molecule has 96 valence electrons. The van der Waals surface area contributed by atoms with Gasteiger partial charge in [0.25, 0.3) is 0 Å². The van der Waals surface area contributed by atoms with Crippen LogP contribution in [0.4, 0.5) is 0 Å². The van der Waals surface area contributed by atoms with E-state index in [4.69, 9.17) is 0 Å². The molecule has 0 spiro atoms. The molecule has 17 heavy (non-hydrogen) atoms. The zero-order valence-corrected chi connectivity index (χ0v) is 12.4. The van der Waals surface area contributed by atoms with Crippen LogP contribution in [0.25, 0.3) is 0 Å². The van der Waals surface area contributed by atoms with Gasteiger partial charge in [-0.3, -0.25) is 0 Å². The molecule has 0 heterocycles. The largest absolute Gasteiger partial charge is 0.388 e. The fourth-order valence-electron chi connectivity index (χ4n) is 2.15. The van der Waals surface area contributed by atoms with Crippen LogP contribution in [0.5, 0.6) is 0 Å². The van der Waals surface area contributed by atoms with E-state index in [9.17, 15) is 5.11 Å². The van der Waals surface area contributed by atoms with Crippen LogP contribution < -0.4 is 0 Å². The highest BCUT2D eigenvalue weighted by molar-refractivity contribution is 9.10. The monoisotopic (exact) mass is 298 g/mol. The van der Waals surface area contributed by atoms with Crippen molar-refractivity contribution in [2.45, 2.75) is 52.1 Å². The first-order valence-corrected chi connectivity index (χ1v) is 7.40. The molecule has 0 aromatic heterocycles. The van der Waals surface area contributed by atoms with Gasteiger partial charge in [-0.25, -0.2) is 0 Å². The molecule has 1 N–H and O–H groups in total. The van der Waals surface area contributed by atoms with Crippen molar-refractivity contribution in [3.8, 4) is 0 Å². The molecular formula is C15H23BrO. The Morgan fingerprint density at radius 1 is 1.29 bits per heavy atom. The molecule has 1 aromatic carbocycles.